The molecule has 0 aliphatic carbocycles. The Hall–Kier alpha value is -1.23. The predicted molar refractivity (Wildman–Crippen MR) is 58.8 cm³/mol. The Morgan fingerprint density at radius 3 is 3.00 bits per heavy atom. The number of aryl methyl sites for hydroxylation is 1. The SMILES string of the molecule is NCC(F)(F)Cc1ccc2c(n1)NCCC2. The predicted octanol–water partition coefficient (Wildman–Crippen LogP) is 1.58. The number of nitrogens with one attached hydrogen (secondary N) is 1. The van der Waals surface area contributed by atoms with Crippen molar-refractivity contribution in [3.05, 3.63) is 23.4 Å². The smallest absolute Gasteiger partial charge is 0.265 e. The first-order valence-corrected chi connectivity index (χ1v) is 5.41. The van der Waals surface area contributed by atoms with E-state index < -0.39 is 18.9 Å². The lowest BCUT2D eigenvalue weighted by Crippen LogP contribution is -2.30. The van der Waals surface area contributed by atoms with Crippen LogP contribution in [0.15, 0.2) is 12.1 Å². The van der Waals surface area contributed by atoms with Crippen molar-refractivity contribution >= 4 is 5.82 Å². The van der Waals surface area contributed by atoms with E-state index in [9.17, 15) is 8.78 Å². The summed E-state index contributed by atoms with van der Waals surface area (Å²) in [5.74, 6) is -2.12. The average molecular weight is 227 g/mol. The van der Waals surface area contributed by atoms with Crippen molar-refractivity contribution < 1.29 is 8.78 Å². The summed E-state index contributed by atoms with van der Waals surface area (Å²) in [5, 5.41) is 3.12. The number of hydrogen-bond acceptors (Lipinski definition) is 3. The lowest BCUT2D eigenvalue weighted by Gasteiger charge is -2.19. The van der Waals surface area contributed by atoms with Gasteiger partial charge in [-0.3, -0.25) is 0 Å². The van der Waals surface area contributed by atoms with Gasteiger partial charge in [0.1, 0.15) is 5.82 Å². The molecule has 1 aliphatic heterocycles. The first-order valence-electron chi connectivity index (χ1n) is 5.41. The second-order valence-electron chi connectivity index (χ2n) is 4.08. The van der Waals surface area contributed by atoms with E-state index in [1.165, 1.54) is 0 Å². The van der Waals surface area contributed by atoms with Gasteiger partial charge in [-0.2, -0.15) is 0 Å². The van der Waals surface area contributed by atoms with Crippen molar-refractivity contribution in [2.45, 2.75) is 25.2 Å². The number of hydrogen-bond donors (Lipinski definition) is 2. The Labute approximate surface area is 93.1 Å². The molecule has 5 heteroatoms. The van der Waals surface area contributed by atoms with Crippen LogP contribution in [0.3, 0.4) is 0 Å². The van der Waals surface area contributed by atoms with Crippen LogP contribution in [0.4, 0.5) is 14.6 Å². The number of aromatic nitrogens is 1. The third-order valence-corrected chi connectivity index (χ3v) is 2.69. The van der Waals surface area contributed by atoms with E-state index >= 15 is 0 Å². The third-order valence-electron chi connectivity index (χ3n) is 2.69. The molecule has 0 atom stereocenters. The fourth-order valence-electron chi connectivity index (χ4n) is 1.80. The standard InChI is InChI=1S/C11H15F2N3/c12-11(13,7-14)6-9-4-3-8-2-1-5-15-10(8)16-9/h3-4H,1-2,5-7,14H2,(H,15,16). The summed E-state index contributed by atoms with van der Waals surface area (Å²) < 4.78 is 26.2. The largest absolute Gasteiger partial charge is 0.370 e. The van der Waals surface area contributed by atoms with Gasteiger partial charge in [0, 0.05) is 12.2 Å². The summed E-state index contributed by atoms with van der Waals surface area (Å²) in [6.45, 7) is 0.218. The number of anilines is 1. The highest BCUT2D eigenvalue weighted by Crippen LogP contribution is 2.23. The molecule has 3 nitrogen and oxygen atoms in total. The number of rotatable bonds is 3. The van der Waals surface area contributed by atoms with Gasteiger partial charge < -0.3 is 11.1 Å². The van der Waals surface area contributed by atoms with Crippen molar-refractivity contribution in [2.24, 2.45) is 5.73 Å². The summed E-state index contributed by atoms with van der Waals surface area (Å²) in [5.41, 5.74) is 6.49. The Balaban J connectivity index is 2.17. The third kappa shape index (κ3) is 2.47. The van der Waals surface area contributed by atoms with Crippen LogP contribution in [-0.2, 0) is 12.8 Å². The lowest BCUT2D eigenvalue weighted by molar-refractivity contribution is 0.0106. The van der Waals surface area contributed by atoms with Crippen LogP contribution < -0.4 is 11.1 Å². The summed E-state index contributed by atoms with van der Waals surface area (Å²) >= 11 is 0. The fourth-order valence-corrected chi connectivity index (χ4v) is 1.80. The van der Waals surface area contributed by atoms with Gasteiger partial charge in [-0.25, -0.2) is 13.8 Å². The zero-order valence-corrected chi connectivity index (χ0v) is 8.97. The molecule has 0 saturated carbocycles. The maximum atomic E-state index is 13.1. The van der Waals surface area contributed by atoms with Gasteiger partial charge in [0.2, 0.25) is 0 Å². The second kappa shape index (κ2) is 4.33. The summed E-state index contributed by atoms with van der Waals surface area (Å²) in [6, 6.07) is 3.53. The highest BCUT2D eigenvalue weighted by Gasteiger charge is 2.28. The first kappa shape index (κ1) is 11.3. The highest BCUT2D eigenvalue weighted by atomic mass is 19.3. The first-order chi connectivity index (χ1) is 7.61. The minimum atomic E-state index is -2.87. The van der Waals surface area contributed by atoms with Crippen molar-refractivity contribution in [2.75, 3.05) is 18.4 Å². The molecule has 2 rings (SSSR count). The number of nitrogens with two attached hydrogens (primary N) is 1. The van der Waals surface area contributed by atoms with Gasteiger partial charge in [-0.05, 0) is 24.5 Å². The van der Waals surface area contributed by atoms with Gasteiger partial charge in [-0.15, -0.1) is 0 Å². The van der Waals surface area contributed by atoms with E-state index in [2.05, 4.69) is 10.3 Å². The molecule has 0 saturated heterocycles. The quantitative estimate of drug-likeness (QED) is 0.824. The highest BCUT2D eigenvalue weighted by molar-refractivity contribution is 5.47. The summed E-state index contributed by atoms with van der Waals surface area (Å²) in [6.07, 6.45) is 1.63. The Morgan fingerprint density at radius 2 is 2.25 bits per heavy atom. The molecule has 0 amide bonds. The molecule has 88 valence electrons. The van der Waals surface area contributed by atoms with E-state index in [1.54, 1.807) is 6.07 Å². The van der Waals surface area contributed by atoms with E-state index in [1.807, 2.05) is 6.07 Å². The summed E-state index contributed by atoms with van der Waals surface area (Å²) in [4.78, 5) is 4.20. The average Bonchev–Trinajstić information content (AvgIpc) is 2.28. The minimum absolute atomic E-state index is 0.390. The van der Waals surface area contributed by atoms with Gasteiger partial charge >= 0.3 is 0 Å². The van der Waals surface area contributed by atoms with E-state index in [0.717, 1.165) is 30.8 Å². The molecular weight excluding hydrogens is 212 g/mol. The van der Waals surface area contributed by atoms with Crippen molar-refractivity contribution in [3.8, 4) is 0 Å². The van der Waals surface area contributed by atoms with Crippen LogP contribution in [0, 0.1) is 0 Å². The van der Waals surface area contributed by atoms with Gasteiger partial charge in [-0.1, -0.05) is 6.07 Å². The molecule has 1 aromatic heterocycles. The normalized spacial score (nSPS) is 15.4. The van der Waals surface area contributed by atoms with Crippen LogP contribution in [0.2, 0.25) is 0 Å². The molecule has 1 aliphatic rings. The van der Waals surface area contributed by atoms with Crippen LogP contribution in [0.25, 0.3) is 0 Å². The van der Waals surface area contributed by atoms with Crippen molar-refractivity contribution in [1.29, 1.82) is 0 Å². The van der Waals surface area contributed by atoms with E-state index in [-0.39, 0.29) is 0 Å². The zero-order chi connectivity index (χ0) is 11.6. The molecule has 2 heterocycles. The molecule has 1 aromatic rings. The molecule has 16 heavy (non-hydrogen) atoms. The molecule has 0 spiro atoms. The molecule has 3 N–H and O–H groups in total. The Morgan fingerprint density at radius 1 is 1.44 bits per heavy atom. The molecule has 0 aromatic carbocycles. The minimum Gasteiger partial charge on any atom is -0.370 e. The van der Waals surface area contributed by atoms with E-state index in [4.69, 9.17) is 5.73 Å². The van der Waals surface area contributed by atoms with Crippen LogP contribution in [0.5, 0.6) is 0 Å². The van der Waals surface area contributed by atoms with Crippen LogP contribution >= 0.6 is 0 Å². The molecule has 0 fully saturated rings. The molecule has 0 radical (unpaired) electrons. The molecule has 0 unspecified atom stereocenters. The number of halogens is 2. The number of nitrogens with zero attached hydrogens (tertiary/aromatic N) is 1. The van der Waals surface area contributed by atoms with Crippen molar-refractivity contribution in [1.82, 2.24) is 4.98 Å². The van der Waals surface area contributed by atoms with Crippen LogP contribution in [0.1, 0.15) is 17.7 Å². The zero-order valence-electron chi connectivity index (χ0n) is 8.97. The number of fused-ring (bicyclic) bond motifs is 1. The molecule has 0 bridgehead atoms. The second-order valence-corrected chi connectivity index (χ2v) is 4.08. The Kier molecular flexibility index (Phi) is 3.05. The van der Waals surface area contributed by atoms with Gasteiger partial charge in [0.25, 0.3) is 5.92 Å². The van der Waals surface area contributed by atoms with Gasteiger partial charge in [0.05, 0.1) is 13.0 Å². The topological polar surface area (TPSA) is 50.9 Å². The van der Waals surface area contributed by atoms with E-state index in [0.29, 0.717) is 5.69 Å². The van der Waals surface area contributed by atoms with Crippen molar-refractivity contribution in [3.63, 3.8) is 0 Å². The Bertz CT molecular complexity index is 379. The number of alkyl halides is 2. The fraction of sp³-hybridized carbons (Fsp3) is 0.545. The summed E-state index contributed by atoms with van der Waals surface area (Å²) in [7, 11) is 0. The maximum Gasteiger partial charge on any atom is 0.265 e. The molecular formula is C11H15F2N3. The van der Waals surface area contributed by atoms with Crippen LogP contribution in [-0.4, -0.2) is 24.0 Å². The lowest BCUT2D eigenvalue weighted by atomic mass is 10.1. The number of pyridine rings is 1. The maximum absolute atomic E-state index is 13.1. The van der Waals surface area contributed by atoms with Gasteiger partial charge in [0.15, 0.2) is 0 Å². The monoisotopic (exact) mass is 227 g/mol.